The zero-order valence-electron chi connectivity index (χ0n) is 9.94. The lowest BCUT2D eigenvalue weighted by Gasteiger charge is -2.29. The first kappa shape index (κ1) is 12.9. The molecule has 0 spiro atoms. The van der Waals surface area contributed by atoms with Gasteiger partial charge in [-0.15, -0.1) is 0 Å². The smallest absolute Gasteiger partial charge is 0.0980 e. The van der Waals surface area contributed by atoms with Crippen LogP contribution in [0.5, 0.6) is 0 Å². The second-order valence-electron chi connectivity index (χ2n) is 4.79. The summed E-state index contributed by atoms with van der Waals surface area (Å²) < 4.78 is 0. The molecule has 2 nitrogen and oxygen atoms in total. The summed E-state index contributed by atoms with van der Waals surface area (Å²) in [5, 5.41) is 0. The zero-order valence-corrected chi connectivity index (χ0v) is 9.94. The van der Waals surface area contributed by atoms with Crippen LogP contribution in [0.2, 0.25) is 0 Å². The van der Waals surface area contributed by atoms with Gasteiger partial charge >= 0.3 is 0 Å². The lowest BCUT2D eigenvalue weighted by molar-refractivity contribution is -0.402. The predicted octanol–water partition coefficient (Wildman–Crippen LogP) is 3.70. The minimum Gasteiger partial charge on any atom is -0.230 e. The van der Waals surface area contributed by atoms with E-state index < -0.39 is 0 Å². The average molecular weight is 188 g/mol. The third kappa shape index (κ3) is 6.05. The van der Waals surface area contributed by atoms with Gasteiger partial charge in [-0.1, -0.05) is 20.3 Å². The molecular weight excluding hydrogens is 164 g/mol. The van der Waals surface area contributed by atoms with E-state index in [1.165, 1.54) is 0 Å². The molecule has 0 radical (unpaired) electrons. The molecule has 13 heavy (non-hydrogen) atoms. The van der Waals surface area contributed by atoms with Gasteiger partial charge in [0.15, 0.2) is 0 Å². The summed E-state index contributed by atoms with van der Waals surface area (Å²) in [4.78, 5) is 10.8. The van der Waals surface area contributed by atoms with E-state index in [1.807, 2.05) is 13.8 Å². The van der Waals surface area contributed by atoms with Crippen molar-refractivity contribution in [2.75, 3.05) is 0 Å². The van der Waals surface area contributed by atoms with E-state index in [4.69, 9.17) is 9.78 Å². The Morgan fingerprint density at radius 2 is 1.31 bits per heavy atom. The summed E-state index contributed by atoms with van der Waals surface area (Å²) in [6, 6.07) is 0. The van der Waals surface area contributed by atoms with Crippen molar-refractivity contribution in [1.29, 1.82) is 0 Å². The van der Waals surface area contributed by atoms with Gasteiger partial charge in [0.05, 0.1) is 11.2 Å². The van der Waals surface area contributed by atoms with Gasteiger partial charge in [0.2, 0.25) is 0 Å². The zero-order chi connectivity index (χ0) is 10.5. The van der Waals surface area contributed by atoms with Crippen LogP contribution in [-0.4, -0.2) is 11.2 Å². The van der Waals surface area contributed by atoms with Crippen molar-refractivity contribution in [3.05, 3.63) is 0 Å². The second-order valence-corrected chi connectivity index (χ2v) is 4.79. The fourth-order valence-electron chi connectivity index (χ4n) is 0.928. The van der Waals surface area contributed by atoms with Crippen molar-refractivity contribution in [3.63, 3.8) is 0 Å². The van der Waals surface area contributed by atoms with E-state index in [1.54, 1.807) is 0 Å². The van der Waals surface area contributed by atoms with Gasteiger partial charge < -0.3 is 0 Å². The quantitative estimate of drug-likeness (QED) is 0.467. The molecule has 0 aliphatic carbocycles. The van der Waals surface area contributed by atoms with Crippen molar-refractivity contribution in [2.45, 2.75) is 72.0 Å². The SMILES string of the molecule is CCCC(C)(C)OOC(C)(C)CC. The molecule has 0 aromatic rings. The first-order valence-corrected chi connectivity index (χ1v) is 5.20. The van der Waals surface area contributed by atoms with Crippen LogP contribution in [-0.2, 0) is 9.78 Å². The molecule has 0 heterocycles. The summed E-state index contributed by atoms with van der Waals surface area (Å²) >= 11 is 0. The van der Waals surface area contributed by atoms with E-state index in [0.717, 1.165) is 19.3 Å². The molecule has 0 aliphatic heterocycles. The number of hydrogen-bond donors (Lipinski definition) is 0. The molecule has 0 rings (SSSR count). The molecule has 0 amide bonds. The summed E-state index contributed by atoms with van der Waals surface area (Å²) in [5.74, 6) is 0. The van der Waals surface area contributed by atoms with Crippen molar-refractivity contribution < 1.29 is 9.78 Å². The summed E-state index contributed by atoms with van der Waals surface area (Å²) in [6.45, 7) is 12.4. The normalized spacial score (nSPS) is 13.4. The highest BCUT2D eigenvalue weighted by molar-refractivity contribution is 4.67. The molecule has 0 N–H and O–H groups in total. The maximum absolute atomic E-state index is 5.43. The molecule has 0 unspecified atom stereocenters. The molecule has 0 saturated carbocycles. The molecule has 80 valence electrons. The molecule has 0 aliphatic rings. The molecule has 2 heteroatoms. The highest BCUT2D eigenvalue weighted by Gasteiger charge is 2.24. The summed E-state index contributed by atoms with van der Waals surface area (Å²) in [5.41, 5.74) is -0.341. The Labute approximate surface area is 82.5 Å². The van der Waals surface area contributed by atoms with Crippen LogP contribution in [0.4, 0.5) is 0 Å². The molecule has 0 aromatic carbocycles. The van der Waals surface area contributed by atoms with Gasteiger partial charge in [0.1, 0.15) is 0 Å². The second kappa shape index (κ2) is 4.97. The fraction of sp³-hybridized carbons (Fsp3) is 1.00. The Morgan fingerprint density at radius 3 is 1.69 bits per heavy atom. The molecular formula is C11H24O2. The minimum absolute atomic E-state index is 0.165. The van der Waals surface area contributed by atoms with Crippen molar-refractivity contribution >= 4 is 0 Å². The van der Waals surface area contributed by atoms with Crippen LogP contribution >= 0.6 is 0 Å². The van der Waals surface area contributed by atoms with E-state index in [2.05, 4.69) is 27.7 Å². The number of rotatable bonds is 6. The summed E-state index contributed by atoms with van der Waals surface area (Å²) in [6.07, 6.45) is 3.09. The first-order chi connectivity index (χ1) is 5.83. The highest BCUT2D eigenvalue weighted by Crippen LogP contribution is 2.22. The lowest BCUT2D eigenvalue weighted by atomic mass is 10.0. The number of hydrogen-bond acceptors (Lipinski definition) is 2. The minimum atomic E-state index is -0.176. The van der Waals surface area contributed by atoms with E-state index in [-0.39, 0.29) is 11.2 Å². The lowest BCUT2D eigenvalue weighted by Crippen LogP contribution is -2.32. The highest BCUT2D eigenvalue weighted by atomic mass is 17.2. The van der Waals surface area contributed by atoms with Crippen molar-refractivity contribution in [1.82, 2.24) is 0 Å². The van der Waals surface area contributed by atoms with Crippen LogP contribution < -0.4 is 0 Å². The van der Waals surface area contributed by atoms with E-state index >= 15 is 0 Å². The predicted molar refractivity (Wildman–Crippen MR) is 55.5 cm³/mol. The largest absolute Gasteiger partial charge is 0.230 e. The molecule has 0 bridgehead atoms. The Bertz CT molecular complexity index is 139. The van der Waals surface area contributed by atoms with E-state index in [0.29, 0.717) is 0 Å². The van der Waals surface area contributed by atoms with Crippen molar-refractivity contribution in [3.8, 4) is 0 Å². The molecule has 0 aromatic heterocycles. The van der Waals surface area contributed by atoms with E-state index in [9.17, 15) is 0 Å². The summed E-state index contributed by atoms with van der Waals surface area (Å²) in [7, 11) is 0. The molecule has 0 atom stereocenters. The standard InChI is InChI=1S/C11H24O2/c1-7-9-11(5,6)13-12-10(3,4)8-2/h7-9H2,1-6H3. The van der Waals surface area contributed by atoms with Gasteiger partial charge in [-0.05, 0) is 40.5 Å². The van der Waals surface area contributed by atoms with Gasteiger partial charge in [0.25, 0.3) is 0 Å². The Kier molecular flexibility index (Phi) is 4.93. The topological polar surface area (TPSA) is 18.5 Å². The van der Waals surface area contributed by atoms with Crippen LogP contribution in [0.3, 0.4) is 0 Å². The van der Waals surface area contributed by atoms with Crippen molar-refractivity contribution in [2.24, 2.45) is 0 Å². The third-order valence-corrected chi connectivity index (χ3v) is 2.20. The average Bonchev–Trinajstić information content (AvgIpc) is 2.02. The van der Waals surface area contributed by atoms with Gasteiger partial charge in [-0.3, -0.25) is 0 Å². The fourth-order valence-corrected chi connectivity index (χ4v) is 0.928. The van der Waals surface area contributed by atoms with Crippen LogP contribution in [0, 0.1) is 0 Å². The van der Waals surface area contributed by atoms with Gasteiger partial charge in [0, 0.05) is 0 Å². The van der Waals surface area contributed by atoms with Gasteiger partial charge in [-0.2, -0.15) is 0 Å². The molecule has 0 saturated heterocycles. The van der Waals surface area contributed by atoms with Crippen LogP contribution in [0.1, 0.15) is 60.8 Å². The Morgan fingerprint density at radius 1 is 0.846 bits per heavy atom. The first-order valence-electron chi connectivity index (χ1n) is 5.20. The van der Waals surface area contributed by atoms with Crippen LogP contribution in [0.25, 0.3) is 0 Å². The van der Waals surface area contributed by atoms with Gasteiger partial charge in [-0.25, -0.2) is 9.78 Å². The Balaban J connectivity index is 3.86. The van der Waals surface area contributed by atoms with Crippen LogP contribution in [0.15, 0.2) is 0 Å². The molecule has 0 fully saturated rings. The monoisotopic (exact) mass is 188 g/mol. The Hall–Kier alpha value is -0.0800. The third-order valence-electron chi connectivity index (χ3n) is 2.20. The maximum atomic E-state index is 5.43. The maximum Gasteiger partial charge on any atom is 0.0980 e.